The molecule has 1 aromatic carbocycles. The van der Waals surface area contributed by atoms with Gasteiger partial charge < -0.3 is 5.32 Å². The lowest BCUT2D eigenvalue weighted by molar-refractivity contribution is -0.125. The van der Waals surface area contributed by atoms with E-state index in [0.29, 0.717) is 37.5 Å². The first kappa shape index (κ1) is 17.0. The van der Waals surface area contributed by atoms with E-state index in [0.717, 1.165) is 0 Å². The van der Waals surface area contributed by atoms with E-state index in [1.165, 1.54) is 16.4 Å². The first-order valence-corrected chi connectivity index (χ1v) is 8.91. The Morgan fingerprint density at radius 2 is 2.09 bits per heavy atom. The van der Waals surface area contributed by atoms with Crippen molar-refractivity contribution in [3.8, 4) is 0 Å². The highest BCUT2D eigenvalue weighted by Crippen LogP contribution is 2.25. The number of hydrogen-bond donors (Lipinski definition) is 1. The van der Waals surface area contributed by atoms with E-state index in [9.17, 15) is 13.2 Å². The highest BCUT2D eigenvalue weighted by Gasteiger charge is 2.31. The maximum atomic E-state index is 12.5. The van der Waals surface area contributed by atoms with E-state index in [2.05, 4.69) is 11.9 Å². The summed E-state index contributed by atoms with van der Waals surface area (Å²) < 4.78 is 26.5. The molecule has 1 amide bonds. The molecule has 0 aromatic heterocycles. The van der Waals surface area contributed by atoms with Crippen LogP contribution in [-0.2, 0) is 14.8 Å². The molecule has 0 radical (unpaired) electrons. The second-order valence-corrected chi connectivity index (χ2v) is 7.54. The van der Waals surface area contributed by atoms with Crippen LogP contribution in [0.4, 0.5) is 0 Å². The lowest BCUT2D eigenvalue weighted by atomic mass is 9.97. The molecular formula is C15H19ClN2O3S. The summed E-state index contributed by atoms with van der Waals surface area (Å²) >= 11 is 5.86. The number of nitrogens with one attached hydrogen (secondary N) is 1. The van der Waals surface area contributed by atoms with Gasteiger partial charge in [0.2, 0.25) is 15.9 Å². The fourth-order valence-corrected chi connectivity index (χ4v) is 4.22. The highest BCUT2D eigenvalue weighted by atomic mass is 35.5. The van der Waals surface area contributed by atoms with Crippen molar-refractivity contribution in [2.45, 2.75) is 17.7 Å². The molecule has 1 fully saturated rings. The molecule has 1 N–H and O–H groups in total. The van der Waals surface area contributed by atoms with Crippen LogP contribution in [0.2, 0.25) is 5.02 Å². The van der Waals surface area contributed by atoms with Crippen LogP contribution in [0.5, 0.6) is 0 Å². The van der Waals surface area contributed by atoms with Gasteiger partial charge in [-0.1, -0.05) is 23.7 Å². The Balaban J connectivity index is 2.02. The fraction of sp³-hybridized carbons (Fsp3) is 0.400. The van der Waals surface area contributed by atoms with Crippen LogP contribution in [-0.4, -0.2) is 38.3 Å². The van der Waals surface area contributed by atoms with Crippen LogP contribution < -0.4 is 5.32 Å². The molecule has 1 saturated heterocycles. The minimum Gasteiger partial charge on any atom is -0.352 e. The zero-order chi connectivity index (χ0) is 16.2. The first-order chi connectivity index (χ1) is 10.4. The summed E-state index contributed by atoms with van der Waals surface area (Å²) in [6, 6.07) is 6.23. The summed E-state index contributed by atoms with van der Waals surface area (Å²) in [4.78, 5) is 12.1. The predicted octanol–water partition coefficient (Wildman–Crippen LogP) is 2.04. The molecule has 0 aliphatic carbocycles. The molecule has 0 saturated carbocycles. The van der Waals surface area contributed by atoms with Gasteiger partial charge in [0.1, 0.15) is 0 Å². The Kier molecular flexibility index (Phi) is 5.61. The van der Waals surface area contributed by atoms with Crippen molar-refractivity contribution in [1.29, 1.82) is 0 Å². The number of piperidine rings is 1. The molecule has 0 bridgehead atoms. The third kappa shape index (κ3) is 3.88. The summed E-state index contributed by atoms with van der Waals surface area (Å²) in [7, 11) is -3.55. The monoisotopic (exact) mass is 342 g/mol. The van der Waals surface area contributed by atoms with Crippen molar-refractivity contribution >= 4 is 27.5 Å². The zero-order valence-corrected chi connectivity index (χ0v) is 13.7. The fourth-order valence-electron chi connectivity index (χ4n) is 2.45. The summed E-state index contributed by atoms with van der Waals surface area (Å²) in [5, 5.41) is 3.14. The third-order valence-corrected chi connectivity index (χ3v) is 5.81. The van der Waals surface area contributed by atoms with Crippen molar-refractivity contribution in [2.75, 3.05) is 19.6 Å². The Labute approximate surface area is 136 Å². The molecule has 120 valence electrons. The Morgan fingerprint density at radius 1 is 1.41 bits per heavy atom. The number of sulfonamides is 1. The quantitative estimate of drug-likeness (QED) is 0.833. The Hall–Kier alpha value is -1.37. The molecule has 1 aliphatic heterocycles. The second kappa shape index (κ2) is 7.26. The maximum Gasteiger partial charge on any atom is 0.243 e. The topological polar surface area (TPSA) is 66.5 Å². The van der Waals surface area contributed by atoms with Crippen LogP contribution >= 0.6 is 11.6 Å². The number of carbonyl (C=O) groups is 1. The molecule has 1 aromatic rings. The highest BCUT2D eigenvalue weighted by molar-refractivity contribution is 7.89. The van der Waals surface area contributed by atoms with Crippen LogP contribution in [0.15, 0.2) is 41.8 Å². The first-order valence-electron chi connectivity index (χ1n) is 7.09. The van der Waals surface area contributed by atoms with Gasteiger partial charge in [0.15, 0.2) is 0 Å². The largest absolute Gasteiger partial charge is 0.352 e. The molecule has 22 heavy (non-hydrogen) atoms. The van der Waals surface area contributed by atoms with Gasteiger partial charge >= 0.3 is 0 Å². The van der Waals surface area contributed by atoms with Crippen LogP contribution in [0, 0.1) is 5.92 Å². The van der Waals surface area contributed by atoms with Crippen molar-refractivity contribution in [3.63, 3.8) is 0 Å². The average Bonchev–Trinajstić information content (AvgIpc) is 2.52. The van der Waals surface area contributed by atoms with Gasteiger partial charge in [0.05, 0.1) is 4.90 Å². The Bertz CT molecular complexity index is 653. The lowest BCUT2D eigenvalue weighted by Crippen LogP contribution is -2.43. The number of hydrogen-bond acceptors (Lipinski definition) is 3. The van der Waals surface area contributed by atoms with Crippen molar-refractivity contribution in [2.24, 2.45) is 5.92 Å². The molecular weight excluding hydrogens is 324 g/mol. The van der Waals surface area contributed by atoms with Gasteiger partial charge in [0.25, 0.3) is 0 Å². The van der Waals surface area contributed by atoms with Crippen molar-refractivity contribution < 1.29 is 13.2 Å². The standard InChI is InChI=1S/C15H19ClN2O3S/c1-2-8-17-15(19)12-6-9-18(10-7-12)22(20,21)14-5-3-4-13(16)11-14/h2-5,11-12H,1,6-10H2,(H,17,19). The number of benzene rings is 1. The van der Waals surface area contributed by atoms with E-state index >= 15 is 0 Å². The number of amides is 1. The second-order valence-electron chi connectivity index (χ2n) is 5.17. The van der Waals surface area contributed by atoms with E-state index in [1.807, 2.05) is 0 Å². The minimum atomic E-state index is -3.55. The number of halogens is 1. The number of carbonyl (C=O) groups excluding carboxylic acids is 1. The summed E-state index contributed by atoms with van der Waals surface area (Å²) in [5.41, 5.74) is 0. The molecule has 5 nitrogen and oxygen atoms in total. The van der Waals surface area contributed by atoms with Gasteiger partial charge in [-0.2, -0.15) is 4.31 Å². The molecule has 1 aliphatic rings. The maximum absolute atomic E-state index is 12.5. The van der Waals surface area contributed by atoms with E-state index in [4.69, 9.17) is 11.6 Å². The molecule has 1 heterocycles. The third-order valence-electron chi connectivity index (χ3n) is 3.68. The summed E-state index contributed by atoms with van der Waals surface area (Å²) in [6.45, 7) is 4.65. The van der Waals surface area contributed by atoms with Gasteiger partial charge in [-0.3, -0.25) is 4.79 Å². The minimum absolute atomic E-state index is 0.0419. The SMILES string of the molecule is C=CCNC(=O)C1CCN(S(=O)(=O)c2cccc(Cl)c2)CC1. The Morgan fingerprint density at radius 3 is 2.68 bits per heavy atom. The smallest absolute Gasteiger partial charge is 0.243 e. The van der Waals surface area contributed by atoms with Crippen LogP contribution in [0.1, 0.15) is 12.8 Å². The predicted molar refractivity (Wildman–Crippen MR) is 86.1 cm³/mol. The molecule has 2 rings (SSSR count). The van der Waals surface area contributed by atoms with E-state index in [-0.39, 0.29) is 16.7 Å². The molecule has 7 heteroatoms. The lowest BCUT2D eigenvalue weighted by Gasteiger charge is -2.30. The zero-order valence-electron chi connectivity index (χ0n) is 12.2. The van der Waals surface area contributed by atoms with Gasteiger partial charge in [-0.25, -0.2) is 8.42 Å². The number of rotatable bonds is 5. The van der Waals surface area contributed by atoms with Crippen molar-refractivity contribution in [3.05, 3.63) is 41.9 Å². The number of nitrogens with zero attached hydrogens (tertiary/aromatic N) is 1. The summed E-state index contributed by atoms with van der Waals surface area (Å²) in [5.74, 6) is -0.189. The normalized spacial score (nSPS) is 17.1. The summed E-state index contributed by atoms with van der Waals surface area (Å²) in [6.07, 6.45) is 2.65. The van der Waals surface area contributed by atoms with Gasteiger partial charge in [0, 0.05) is 30.6 Å². The van der Waals surface area contributed by atoms with Gasteiger partial charge in [-0.15, -0.1) is 6.58 Å². The van der Waals surface area contributed by atoms with Crippen LogP contribution in [0.3, 0.4) is 0 Å². The average molecular weight is 343 g/mol. The van der Waals surface area contributed by atoms with E-state index < -0.39 is 10.0 Å². The van der Waals surface area contributed by atoms with E-state index in [1.54, 1.807) is 18.2 Å². The molecule has 0 unspecified atom stereocenters. The van der Waals surface area contributed by atoms with Crippen molar-refractivity contribution in [1.82, 2.24) is 9.62 Å². The molecule has 0 atom stereocenters. The van der Waals surface area contributed by atoms with Crippen LogP contribution in [0.25, 0.3) is 0 Å². The molecule has 0 spiro atoms. The van der Waals surface area contributed by atoms with Gasteiger partial charge in [-0.05, 0) is 31.0 Å².